The van der Waals surface area contributed by atoms with Gasteiger partial charge in [0.15, 0.2) is 5.17 Å². The van der Waals surface area contributed by atoms with E-state index in [4.69, 9.17) is 0 Å². The summed E-state index contributed by atoms with van der Waals surface area (Å²) in [5.74, 6) is -0.321. The Bertz CT molecular complexity index is 624. The predicted octanol–water partition coefficient (Wildman–Crippen LogP) is 2.02. The van der Waals surface area contributed by atoms with Crippen LogP contribution >= 0.6 is 11.8 Å². The van der Waals surface area contributed by atoms with Crippen molar-refractivity contribution in [2.45, 2.75) is 25.5 Å². The van der Waals surface area contributed by atoms with Crippen LogP contribution in [0.5, 0.6) is 0 Å². The summed E-state index contributed by atoms with van der Waals surface area (Å²) in [6, 6.07) is 9.33. The number of amidine groups is 1. The Morgan fingerprint density at radius 3 is 2.64 bits per heavy atom. The van der Waals surface area contributed by atoms with Crippen molar-refractivity contribution >= 4 is 40.1 Å². The van der Waals surface area contributed by atoms with Crippen molar-refractivity contribution in [3.63, 3.8) is 0 Å². The molecule has 0 aromatic heterocycles. The Hall–Kier alpha value is -2.15. The smallest absolute Gasteiger partial charge is 0.240 e. The lowest BCUT2D eigenvalue weighted by Gasteiger charge is -2.18. The maximum absolute atomic E-state index is 12.3. The number of nitrogens with zero attached hydrogens (tertiary/aromatic N) is 3. The van der Waals surface area contributed by atoms with Crippen LogP contribution in [0.1, 0.15) is 20.3 Å². The fraction of sp³-hybridized carbons (Fsp3) is 0.333. The van der Waals surface area contributed by atoms with Crippen LogP contribution in [0.25, 0.3) is 0 Å². The fourth-order valence-corrected chi connectivity index (χ4v) is 2.73. The minimum atomic E-state index is -0.468. The Balaban J connectivity index is 1.99. The third-order valence-electron chi connectivity index (χ3n) is 2.99. The van der Waals surface area contributed by atoms with Gasteiger partial charge in [-0.25, -0.2) is 0 Å². The molecule has 1 aromatic carbocycles. The second-order valence-electron chi connectivity index (χ2n) is 5.04. The van der Waals surface area contributed by atoms with Crippen molar-refractivity contribution in [3.05, 3.63) is 30.3 Å². The van der Waals surface area contributed by atoms with Crippen molar-refractivity contribution in [2.75, 3.05) is 11.9 Å². The number of para-hydroxylation sites is 1. The predicted molar refractivity (Wildman–Crippen MR) is 90.2 cm³/mol. The summed E-state index contributed by atoms with van der Waals surface area (Å²) in [6.45, 7) is 3.64. The molecule has 2 rings (SSSR count). The summed E-state index contributed by atoms with van der Waals surface area (Å²) < 4.78 is 0. The normalized spacial score (nSPS) is 19.0. The molecule has 22 heavy (non-hydrogen) atoms. The van der Waals surface area contributed by atoms with Crippen LogP contribution in [0.4, 0.5) is 5.69 Å². The van der Waals surface area contributed by atoms with Gasteiger partial charge in [0.2, 0.25) is 11.8 Å². The standard InChI is InChI=1S/C15H18N4O2S/c1-10(2)17-18-15-16-14(21)12(22-15)9-13(20)19(3)11-7-5-4-6-8-11/h4-8,12H,9H2,1-3H3,(H,16,18,21). The minimum Gasteiger partial charge on any atom is -0.315 e. The molecule has 6 nitrogen and oxygen atoms in total. The van der Waals surface area contributed by atoms with Crippen LogP contribution in [0, 0.1) is 0 Å². The van der Waals surface area contributed by atoms with Gasteiger partial charge in [-0.3, -0.25) is 9.59 Å². The van der Waals surface area contributed by atoms with Crippen LogP contribution in [0.15, 0.2) is 40.5 Å². The highest BCUT2D eigenvalue weighted by Crippen LogP contribution is 2.24. The molecule has 0 bridgehead atoms. The van der Waals surface area contributed by atoms with Gasteiger partial charge in [-0.15, -0.1) is 5.10 Å². The average molecular weight is 318 g/mol. The third kappa shape index (κ3) is 4.17. The summed E-state index contributed by atoms with van der Waals surface area (Å²) in [6.07, 6.45) is 0.121. The number of thioether (sulfide) groups is 1. The summed E-state index contributed by atoms with van der Waals surface area (Å²) in [7, 11) is 1.70. The number of carbonyl (C=O) groups is 2. The highest BCUT2D eigenvalue weighted by atomic mass is 32.2. The number of hydrogen-bond acceptors (Lipinski definition) is 5. The molecule has 1 unspecified atom stereocenters. The zero-order valence-corrected chi connectivity index (χ0v) is 13.6. The van der Waals surface area contributed by atoms with Crippen molar-refractivity contribution in [3.8, 4) is 0 Å². The third-order valence-corrected chi connectivity index (χ3v) is 4.07. The van der Waals surface area contributed by atoms with Crippen molar-refractivity contribution in [1.29, 1.82) is 0 Å². The van der Waals surface area contributed by atoms with Gasteiger partial charge in [0.05, 0.1) is 0 Å². The van der Waals surface area contributed by atoms with Crippen LogP contribution in [-0.4, -0.2) is 35.0 Å². The number of rotatable bonds is 4. The molecule has 0 radical (unpaired) electrons. The van der Waals surface area contributed by atoms with Gasteiger partial charge in [-0.05, 0) is 26.0 Å². The van der Waals surface area contributed by atoms with Gasteiger partial charge in [-0.2, -0.15) is 5.10 Å². The number of hydrogen-bond donors (Lipinski definition) is 1. The van der Waals surface area contributed by atoms with E-state index < -0.39 is 5.25 Å². The molecule has 1 atom stereocenters. The molecular weight excluding hydrogens is 300 g/mol. The molecule has 1 heterocycles. The Kier molecular flexibility index (Phi) is 5.32. The number of amides is 2. The topological polar surface area (TPSA) is 74.1 Å². The molecule has 1 fully saturated rings. The number of carbonyl (C=O) groups excluding carboxylic acids is 2. The summed E-state index contributed by atoms with van der Waals surface area (Å²) >= 11 is 1.24. The zero-order valence-electron chi connectivity index (χ0n) is 12.7. The van der Waals surface area contributed by atoms with E-state index in [2.05, 4.69) is 15.5 Å². The first kappa shape index (κ1) is 16.2. The molecule has 1 aromatic rings. The average Bonchev–Trinajstić information content (AvgIpc) is 2.85. The van der Waals surface area contributed by atoms with Crippen LogP contribution < -0.4 is 10.2 Å². The highest BCUT2D eigenvalue weighted by Gasteiger charge is 2.33. The number of benzene rings is 1. The monoisotopic (exact) mass is 318 g/mol. The van der Waals surface area contributed by atoms with E-state index in [0.29, 0.717) is 5.17 Å². The molecule has 1 saturated heterocycles. The Morgan fingerprint density at radius 2 is 2.00 bits per heavy atom. The summed E-state index contributed by atoms with van der Waals surface area (Å²) in [5, 5.41) is 10.5. The second-order valence-corrected chi connectivity index (χ2v) is 6.23. The van der Waals surface area contributed by atoms with Gasteiger partial charge >= 0.3 is 0 Å². The summed E-state index contributed by atoms with van der Waals surface area (Å²) in [4.78, 5) is 25.7. The molecule has 0 aliphatic carbocycles. The molecule has 116 valence electrons. The van der Waals surface area contributed by atoms with Crippen molar-refractivity contribution in [2.24, 2.45) is 10.2 Å². The van der Waals surface area contributed by atoms with Crippen LogP contribution in [-0.2, 0) is 9.59 Å². The number of nitrogens with one attached hydrogen (secondary N) is 1. The molecule has 1 N–H and O–H groups in total. The molecule has 1 aliphatic rings. The Morgan fingerprint density at radius 1 is 1.32 bits per heavy atom. The van der Waals surface area contributed by atoms with Crippen LogP contribution in [0.3, 0.4) is 0 Å². The van der Waals surface area contributed by atoms with Crippen molar-refractivity contribution < 1.29 is 9.59 Å². The molecule has 0 spiro atoms. The molecule has 0 saturated carbocycles. The highest BCUT2D eigenvalue weighted by molar-refractivity contribution is 8.15. The second kappa shape index (κ2) is 7.22. The lowest BCUT2D eigenvalue weighted by atomic mass is 10.2. The molecule has 2 amide bonds. The quantitative estimate of drug-likeness (QED) is 0.682. The molecule has 1 aliphatic heterocycles. The first-order valence-electron chi connectivity index (χ1n) is 6.85. The SMILES string of the molecule is CC(C)=NN=C1NC(=O)C(CC(=O)N(C)c2ccccc2)S1. The van der Waals surface area contributed by atoms with E-state index in [1.165, 1.54) is 11.8 Å². The molecule has 7 heteroatoms. The van der Waals surface area contributed by atoms with E-state index in [0.717, 1.165) is 11.4 Å². The van der Waals surface area contributed by atoms with E-state index >= 15 is 0 Å². The lowest BCUT2D eigenvalue weighted by Crippen LogP contribution is -2.32. The van der Waals surface area contributed by atoms with Crippen molar-refractivity contribution in [1.82, 2.24) is 5.32 Å². The molecular formula is C15H18N4O2S. The van der Waals surface area contributed by atoms with Gasteiger partial charge < -0.3 is 10.2 Å². The first-order valence-corrected chi connectivity index (χ1v) is 7.73. The zero-order chi connectivity index (χ0) is 16.1. The maximum atomic E-state index is 12.3. The van der Waals surface area contributed by atoms with E-state index in [1.807, 2.05) is 44.2 Å². The largest absolute Gasteiger partial charge is 0.315 e. The fourth-order valence-electron chi connectivity index (χ4n) is 1.82. The van der Waals surface area contributed by atoms with Gasteiger partial charge in [0.1, 0.15) is 5.25 Å². The number of anilines is 1. The van der Waals surface area contributed by atoms with Gasteiger partial charge in [0, 0.05) is 24.9 Å². The van der Waals surface area contributed by atoms with E-state index in [9.17, 15) is 9.59 Å². The minimum absolute atomic E-state index is 0.115. The van der Waals surface area contributed by atoms with Crippen LogP contribution in [0.2, 0.25) is 0 Å². The van der Waals surface area contributed by atoms with E-state index in [1.54, 1.807) is 11.9 Å². The van der Waals surface area contributed by atoms with Gasteiger partial charge in [0.25, 0.3) is 0 Å². The van der Waals surface area contributed by atoms with E-state index in [-0.39, 0.29) is 18.2 Å². The summed E-state index contributed by atoms with van der Waals surface area (Å²) in [5.41, 5.74) is 1.60. The first-order chi connectivity index (χ1) is 10.5. The Labute approximate surface area is 133 Å². The lowest BCUT2D eigenvalue weighted by molar-refractivity contribution is -0.123. The van der Waals surface area contributed by atoms with Gasteiger partial charge in [-0.1, -0.05) is 30.0 Å². The maximum Gasteiger partial charge on any atom is 0.240 e.